The van der Waals surface area contributed by atoms with Gasteiger partial charge in [0, 0.05) is 11.3 Å². The number of benzene rings is 3. The third kappa shape index (κ3) is 4.30. The summed E-state index contributed by atoms with van der Waals surface area (Å²) >= 11 is 0. The molecule has 1 amide bonds. The number of nitrogens with one attached hydrogen (secondary N) is 1. The lowest BCUT2D eigenvalue weighted by Gasteiger charge is -2.12. The van der Waals surface area contributed by atoms with E-state index in [1.54, 1.807) is 54.6 Å². The number of nitrogens with zero attached hydrogens (tertiary/aromatic N) is 3. The smallest absolute Gasteiger partial charge is 0.255 e. The van der Waals surface area contributed by atoms with Gasteiger partial charge in [-0.1, -0.05) is 6.92 Å². The first kappa shape index (κ1) is 19.6. The standard InChI is InChI=1S/C23H21FN4O2/c1-3-15(2)30-20-11-4-16(5-12-20)23(29)25-18-8-13-21-22(14-18)27-28(26-21)19-9-6-17(24)7-10-19/h4-15H,3H2,1-2H3,(H,25,29)/t15-/m1/s1. The third-order valence-corrected chi connectivity index (χ3v) is 4.72. The SMILES string of the molecule is CC[C@@H](C)Oc1ccc(C(=O)Nc2ccc3nn(-c4ccc(F)cc4)nc3c2)cc1. The average Bonchev–Trinajstić information content (AvgIpc) is 3.18. The first-order valence-electron chi connectivity index (χ1n) is 9.73. The molecule has 1 aromatic heterocycles. The highest BCUT2D eigenvalue weighted by molar-refractivity contribution is 6.05. The van der Waals surface area contributed by atoms with Crippen LogP contribution in [0.4, 0.5) is 10.1 Å². The lowest BCUT2D eigenvalue weighted by Crippen LogP contribution is -2.12. The van der Waals surface area contributed by atoms with Crippen LogP contribution in [0.5, 0.6) is 5.75 Å². The number of anilines is 1. The summed E-state index contributed by atoms with van der Waals surface area (Å²) < 4.78 is 18.9. The number of halogens is 1. The van der Waals surface area contributed by atoms with Crippen LogP contribution in [0.15, 0.2) is 66.7 Å². The van der Waals surface area contributed by atoms with Crippen LogP contribution in [-0.4, -0.2) is 27.0 Å². The number of carbonyl (C=O) groups is 1. The Kier molecular flexibility index (Phi) is 5.43. The Morgan fingerprint density at radius 1 is 1.03 bits per heavy atom. The Labute approximate surface area is 173 Å². The van der Waals surface area contributed by atoms with Gasteiger partial charge in [-0.3, -0.25) is 4.79 Å². The Morgan fingerprint density at radius 2 is 1.73 bits per heavy atom. The van der Waals surface area contributed by atoms with E-state index < -0.39 is 0 Å². The van der Waals surface area contributed by atoms with Gasteiger partial charge in [-0.15, -0.1) is 10.2 Å². The maximum absolute atomic E-state index is 13.1. The Hall–Kier alpha value is -3.74. The summed E-state index contributed by atoms with van der Waals surface area (Å²) in [4.78, 5) is 14.0. The van der Waals surface area contributed by atoms with E-state index >= 15 is 0 Å². The molecule has 6 nitrogen and oxygen atoms in total. The van der Waals surface area contributed by atoms with Gasteiger partial charge in [-0.2, -0.15) is 4.80 Å². The van der Waals surface area contributed by atoms with Crippen LogP contribution in [0.3, 0.4) is 0 Å². The molecule has 0 unspecified atom stereocenters. The molecule has 0 aliphatic heterocycles. The summed E-state index contributed by atoms with van der Waals surface area (Å²) in [5, 5.41) is 11.7. The predicted octanol–water partition coefficient (Wildman–Crippen LogP) is 4.99. The number of hydrogen-bond acceptors (Lipinski definition) is 4. The molecule has 0 fully saturated rings. The van der Waals surface area contributed by atoms with E-state index in [1.807, 2.05) is 6.92 Å². The van der Waals surface area contributed by atoms with E-state index in [0.29, 0.717) is 28.0 Å². The largest absolute Gasteiger partial charge is 0.491 e. The fraction of sp³-hybridized carbons (Fsp3) is 0.174. The molecular formula is C23H21FN4O2. The molecule has 4 rings (SSSR count). The molecule has 0 spiro atoms. The topological polar surface area (TPSA) is 69.0 Å². The fourth-order valence-corrected chi connectivity index (χ4v) is 2.89. The molecule has 0 aliphatic rings. The summed E-state index contributed by atoms with van der Waals surface area (Å²) in [6.45, 7) is 4.06. The molecule has 0 bridgehead atoms. The van der Waals surface area contributed by atoms with Gasteiger partial charge in [0.1, 0.15) is 22.6 Å². The number of fused-ring (bicyclic) bond motifs is 1. The van der Waals surface area contributed by atoms with Crippen LogP contribution in [0.1, 0.15) is 30.6 Å². The van der Waals surface area contributed by atoms with Crippen molar-refractivity contribution in [1.82, 2.24) is 15.0 Å². The molecule has 3 aromatic carbocycles. The maximum atomic E-state index is 13.1. The highest BCUT2D eigenvalue weighted by Gasteiger charge is 2.10. The molecule has 1 N–H and O–H groups in total. The van der Waals surface area contributed by atoms with Gasteiger partial charge < -0.3 is 10.1 Å². The lowest BCUT2D eigenvalue weighted by atomic mass is 10.2. The molecule has 152 valence electrons. The van der Waals surface area contributed by atoms with Gasteiger partial charge in [0.2, 0.25) is 0 Å². The van der Waals surface area contributed by atoms with Gasteiger partial charge in [0.05, 0.1) is 11.8 Å². The van der Waals surface area contributed by atoms with Crippen molar-refractivity contribution in [2.75, 3.05) is 5.32 Å². The number of ether oxygens (including phenoxy) is 1. The van der Waals surface area contributed by atoms with Crippen LogP contribution in [-0.2, 0) is 0 Å². The molecule has 7 heteroatoms. The van der Waals surface area contributed by atoms with Gasteiger partial charge in [0.15, 0.2) is 0 Å². The number of amides is 1. The zero-order chi connectivity index (χ0) is 21.1. The number of hydrogen-bond donors (Lipinski definition) is 1. The summed E-state index contributed by atoms with van der Waals surface area (Å²) in [7, 11) is 0. The monoisotopic (exact) mass is 404 g/mol. The van der Waals surface area contributed by atoms with Crippen molar-refractivity contribution in [3.05, 3.63) is 78.1 Å². The second-order valence-electron chi connectivity index (χ2n) is 6.98. The minimum Gasteiger partial charge on any atom is -0.491 e. The van der Waals surface area contributed by atoms with Crippen LogP contribution in [0.2, 0.25) is 0 Å². The van der Waals surface area contributed by atoms with Crippen molar-refractivity contribution in [2.45, 2.75) is 26.4 Å². The number of rotatable bonds is 6. The summed E-state index contributed by atoms with van der Waals surface area (Å²) in [5.74, 6) is 0.190. The normalized spacial score (nSPS) is 12.0. The Morgan fingerprint density at radius 3 is 2.43 bits per heavy atom. The first-order chi connectivity index (χ1) is 14.5. The minimum atomic E-state index is -0.320. The van der Waals surface area contributed by atoms with Crippen molar-refractivity contribution >= 4 is 22.6 Å². The van der Waals surface area contributed by atoms with E-state index in [0.717, 1.165) is 12.2 Å². The molecule has 0 radical (unpaired) electrons. The Bertz CT molecular complexity index is 1170. The molecular weight excluding hydrogens is 383 g/mol. The van der Waals surface area contributed by atoms with Gasteiger partial charge in [-0.05, 0) is 80.1 Å². The quantitative estimate of drug-likeness (QED) is 0.492. The molecule has 1 heterocycles. The van der Waals surface area contributed by atoms with Crippen molar-refractivity contribution in [3.8, 4) is 11.4 Å². The zero-order valence-electron chi connectivity index (χ0n) is 16.7. The highest BCUT2D eigenvalue weighted by Crippen LogP contribution is 2.20. The zero-order valence-corrected chi connectivity index (χ0v) is 16.7. The van der Waals surface area contributed by atoms with Crippen molar-refractivity contribution < 1.29 is 13.9 Å². The van der Waals surface area contributed by atoms with Gasteiger partial charge >= 0.3 is 0 Å². The van der Waals surface area contributed by atoms with Crippen LogP contribution >= 0.6 is 0 Å². The third-order valence-electron chi connectivity index (χ3n) is 4.72. The van der Waals surface area contributed by atoms with Crippen LogP contribution < -0.4 is 10.1 Å². The highest BCUT2D eigenvalue weighted by atomic mass is 19.1. The predicted molar refractivity (Wildman–Crippen MR) is 114 cm³/mol. The van der Waals surface area contributed by atoms with Gasteiger partial charge in [-0.25, -0.2) is 4.39 Å². The van der Waals surface area contributed by atoms with Crippen molar-refractivity contribution in [3.63, 3.8) is 0 Å². The molecule has 1 atom stereocenters. The van der Waals surface area contributed by atoms with E-state index in [9.17, 15) is 9.18 Å². The maximum Gasteiger partial charge on any atom is 0.255 e. The van der Waals surface area contributed by atoms with Gasteiger partial charge in [0.25, 0.3) is 5.91 Å². The van der Waals surface area contributed by atoms with Crippen molar-refractivity contribution in [1.29, 1.82) is 0 Å². The summed E-state index contributed by atoms with van der Waals surface area (Å²) in [6.07, 6.45) is 1.04. The first-order valence-corrected chi connectivity index (χ1v) is 9.73. The van der Waals surface area contributed by atoms with Crippen LogP contribution in [0.25, 0.3) is 16.7 Å². The second-order valence-corrected chi connectivity index (χ2v) is 6.98. The summed E-state index contributed by atoms with van der Waals surface area (Å²) in [6, 6.07) is 18.3. The molecule has 4 aromatic rings. The minimum absolute atomic E-state index is 0.125. The van der Waals surface area contributed by atoms with E-state index in [2.05, 4.69) is 22.4 Å². The molecule has 0 saturated carbocycles. The molecule has 0 saturated heterocycles. The van der Waals surface area contributed by atoms with Crippen LogP contribution in [0, 0.1) is 5.82 Å². The summed E-state index contributed by atoms with van der Waals surface area (Å²) in [5.41, 5.74) is 3.08. The second kappa shape index (κ2) is 8.32. The molecule has 30 heavy (non-hydrogen) atoms. The Balaban J connectivity index is 1.49. The average molecular weight is 404 g/mol. The van der Waals surface area contributed by atoms with E-state index in [4.69, 9.17) is 4.74 Å². The molecule has 0 aliphatic carbocycles. The van der Waals surface area contributed by atoms with Crippen molar-refractivity contribution in [2.24, 2.45) is 0 Å². The number of aromatic nitrogens is 3. The van der Waals surface area contributed by atoms with E-state index in [-0.39, 0.29) is 17.8 Å². The number of carbonyl (C=O) groups excluding carboxylic acids is 1. The fourth-order valence-electron chi connectivity index (χ4n) is 2.89. The van der Waals surface area contributed by atoms with E-state index in [1.165, 1.54) is 16.9 Å². The lowest BCUT2D eigenvalue weighted by molar-refractivity contribution is 0.102.